The zero-order valence-corrected chi connectivity index (χ0v) is 12.8. The van der Waals surface area contributed by atoms with Crippen LogP contribution in [0, 0.1) is 0 Å². The van der Waals surface area contributed by atoms with E-state index in [-0.39, 0.29) is 0 Å². The average molecular weight is 285 g/mol. The minimum absolute atomic E-state index is 0.644. The molecule has 0 amide bonds. The minimum Gasteiger partial charge on any atom is -0.493 e. The van der Waals surface area contributed by atoms with Gasteiger partial charge in [-0.05, 0) is 43.1 Å². The SMILES string of the molecule is CCOc1ccc(CNCCc2ccccc2)cc1OC. The highest BCUT2D eigenvalue weighted by atomic mass is 16.5. The lowest BCUT2D eigenvalue weighted by molar-refractivity contribution is 0.310. The first-order chi connectivity index (χ1) is 10.3. The van der Waals surface area contributed by atoms with Gasteiger partial charge < -0.3 is 14.8 Å². The monoisotopic (exact) mass is 285 g/mol. The number of benzene rings is 2. The maximum atomic E-state index is 5.52. The van der Waals surface area contributed by atoms with Gasteiger partial charge in [0.05, 0.1) is 13.7 Å². The maximum Gasteiger partial charge on any atom is 0.161 e. The Bertz CT molecular complexity index is 540. The second kappa shape index (κ2) is 8.32. The van der Waals surface area contributed by atoms with E-state index < -0.39 is 0 Å². The molecule has 0 fully saturated rings. The Hall–Kier alpha value is -2.00. The molecule has 0 unspecified atom stereocenters. The average Bonchev–Trinajstić information content (AvgIpc) is 2.54. The lowest BCUT2D eigenvalue weighted by Gasteiger charge is -2.11. The molecule has 0 saturated heterocycles. The molecule has 0 radical (unpaired) electrons. The van der Waals surface area contributed by atoms with Gasteiger partial charge in [0.1, 0.15) is 0 Å². The number of ether oxygens (including phenoxy) is 2. The van der Waals surface area contributed by atoms with E-state index in [0.29, 0.717) is 6.61 Å². The quantitative estimate of drug-likeness (QED) is 0.754. The van der Waals surface area contributed by atoms with Crippen LogP contribution in [-0.2, 0) is 13.0 Å². The maximum absolute atomic E-state index is 5.52. The fourth-order valence-electron chi connectivity index (χ4n) is 2.21. The summed E-state index contributed by atoms with van der Waals surface area (Å²) in [5.41, 5.74) is 2.55. The second-order valence-corrected chi connectivity index (χ2v) is 4.83. The van der Waals surface area contributed by atoms with Crippen molar-refractivity contribution < 1.29 is 9.47 Å². The third-order valence-corrected chi connectivity index (χ3v) is 3.29. The van der Waals surface area contributed by atoms with Gasteiger partial charge in [-0.25, -0.2) is 0 Å². The van der Waals surface area contributed by atoms with Gasteiger partial charge in [0, 0.05) is 6.54 Å². The van der Waals surface area contributed by atoms with E-state index in [4.69, 9.17) is 9.47 Å². The summed E-state index contributed by atoms with van der Waals surface area (Å²) in [6, 6.07) is 16.6. The molecule has 0 heterocycles. The number of nitrogens with one attached hydrogen (secondary N) is 1. The highest BCUT2D eigenvalue weighted by Crippen LogP contribution is 2.27. The van der Waals surface area contributed by atoms with E-state index in [1.165, 1.54) is 11.1 Å². The van der Waals surface area contributed by atoms with Crippen LogP contribution in [0.2, 0.25) is 0 Å². The summed E-state index contributed by atoms with van der Waals surface area (Å²) in [6.45, 7) is 4.40. The van der Waals surface area contributed by atoms with Crippen molar-refractivity contribution in [2.45, 2.75) is 19.9 Å². The highest BCUT2D eigenvalue weighted by Gasteiger charge is 2.04. The van der Waals surface area contributed by atoms with Crippen LogP contribution in [0.25, 0.3) is 0 Å². The Morgan fingerprint density at radius 1 is 0.952 bits per heavy atom. The van der Waals surface area contributed by atoms with Crippen molar-refractivity contribution in [1.82, 2.24) is 5.32 Å². The predicted octanol–water partition coefficient (Wildman–Crippen LogP) is 3.43. The Kier molecular flexibility index (Phi) is 6.10. The van der Waals surface area contributed by atoms with Crippen molar-refractivity contribution in [1.29, 1.82) is 0 Å². The molecule has 2 rings (SSSR count). The van der Waals surface area contributed by atoms with Gasteiger partial charge in [-0.1, -0.05) is 36.4 Å². The second-order valence-electron chi connectivity index (χ2n) is 4.83. The third-order valence-electron chi connectivity index (χ3n) is 3.29. The molecule has 2 aromatic rings. The molecule has 0 aliphatic rings. The zero-order chi connectivity index (χ0) is 14.9. The van der Waals surface area contributed by atoms with Gasteiger partial charge in [0.15, 0.2) is 11.5 Å². The molecule has 1 N–H and O–H groups in total. The van der Waals surface area contributed by atoms with Crippen LogP contribution in [0.15, 0.2) is 48.5 Å². The van der Waals surface area contributed by atoms with Crippen LogP contribution >= 0.6 is 0 Å². The van der Waals surface area contributed by atoms with E-state index in [1.54, 1.807) is 7.11 Å². The summed E-state index contributed by atoms with van der Waals surface area (Å²) < 4.78 is 10.9. The fraction of sp³-hybridized carbons (Fsp3) is 0.333. The molecule has 3 heteroatoms. The standard InChI is InChI=1S/C18H23NO2/c1-3-21-17-10-9-16(13-18(17)20-2)14-19-12-11-15-7-5-4-6-8-15/h4-10,13,19H,3,11-12,14H2,1-2H3. The Balaban J connectivity index is 1.83. The molecule has 3 nitrogen and oxygen atoms in total. The number of hydrogen-bond acceptors (Lipinski definition) is 3. The topological polar surface area (TPSA) is 30.5 Å². The largest absolute Gasteiger partial charge is 0.493 e. The zero-order valence-electron chi connectivity index (χ0n) is 12.8. The van der Waals surface area contributed by atoms with Crippen LogP contribution in [0.3, 0.4) is 0 Å². The number of methoxy groups -OCH3 is 1. The fourth-order valence-corrected chi connectivity index (χ4v) is 2.21. The van der Waals surface area contributed by atoms with Crippen molar-refractivity contribution in [2.24, 2.45) is 0 Å². The smallest absolute Gasteiger partial charge is 0.161 e. The molecule has 0 bridgehead atoms. The summed E-state index contributed by atoms with van der Waals surface area (Å²) in [5, 5.41) is 3.46. The molecular formula is C18H23NO2. The van der Waals surface area contributed by atoms with Gasteiger partial charge in [0.25, 0.3) is 0 Å². The predicted molar refractivity (Wildman–Crippen MR) is 86.0 cm³/mol. The molecular weight excluding hydrogens is 262 g/mol. The van der Waals surface area contributed by atoms with E-state index in [1.807, 2.05) is 25.1 Å². The van der Waals surface area contributed by atoms with Crippen LogP contribution in [0.5, 0.6) is 11.5 Å². The van der Waals surface area contributed by atoms with Crippen molar-refractivity contribution in [3.63, 3.8) is 0 Å². The lowest BCUT2D eigenvalue weighted by atomic mass is 10.1. The van der Waals surface area contributed by atoms with E-state index in [0.717, 1.165) is 31.0 Å². The minimum atomic E-state index is 0.644. The summed E-state index contributed by atoms with van der Waals surface area (Å²) in [7, 11) is 1.67. The molecule has 2 aromatic carbocycles. The van der Waals surface area contributed by atoms with Gasteiger partial charge in [-0.2, -0.15) is 0 Å². The first-order valence-corrected chi connectivity index (χ1v) is 7.38. The van der Waals surface area contributed by atoms with Gasteiger partial charge in [-0.15, -0.1) is 0 Å². The lowest BCUT2D eigenvalue weighted by Crippen LogP contribution is -2.16. The molecule has 0 atom stereocenters. The van der Waals surface area contributed by atoms with Crippen molar-refractivity contribution in [2.75, 3.05) is 20.3 Å². The summed E-state index contributed by atoms with van der Waals surface area (Å²) >= 11 is 0. The molecule has 0 aromatic heterocycles. The van der Waals surface area contributed by atoms with Crippen LogP contribution in [0.1, 0.15) is 18.1 Å². The van der Waals surface area contributed by atoms with Crippen LogP contribution in [0.4, 0.5) is 0 Å². The summed E-state index contributed by atoms with van der Waals surface area (Å²) in [5.74, 6) is 1.59. The van der Waals surface area contributed by atoms with Crippen molar-refractivity contribution >= 4 is 0 Å². The van der Waals surface area contributed by atoms with E-state index in [2.05, 4.69) is 35.6 Å². The highest BCUT2D eigenvalue weighted by molar-refractivity contribution is 5.42. The molecule has 21 heavy (non-hydrogen) atoms. The van der Waals surface area contributed by atoms with Crippen LogP contribution in [-0.4, -0.2) is 20.3 Å². The summed E-state index contributed by atoms with van der Waals surface area (Å²) in [6.07, 6.45) is 1.04. The van der Waals surface area contributed by atoms with Crippen molar-refractivity contribution in [3.8, 4) is 11.5 Å². The molecule has 0 spiro atoms. The van der Waals surface area contributed by atoms with Crippen molar-refractivity contribution in [3.05, 3.63) is 59.7 Å². The van der Waals surface area contributed by atoms with E-state index >= 15 is 0 Å². The third kappa shape index (κ3) is 4.80. The Morgan fingerprint density at radius 3 is 2.48 bits per heavy atom. The number of rotatable bonds is 8. The van der Waals surface area contributed by atoms with Gasteiger partial charge in [-0.3, -0.25) is 0 Å². The molecule has 0 aliphatic heterocycles. The number of hydrogen-bond donors (Lipinski definition) is 1. The first-order valence-electron chi connectivity index (χ1n) is 7.38. The summed E-state index contributed by atoms with van der Waals surface area (Å²) in [4.78, 5) is 0. The first kappa shape index (κ1) is 15.4. The normalized spacial score (nSPS) is 10.4. The van der Waals surface area contributed by atoms with E-state index in [9.17, 15) is 0 Å². The molecule has 112 valence electrons. The Labute approximate surface area is 126 Å². The molecule has 0 saturated carbocycles. The van der Waals surface area contributed by atoms with Crippen LogP contribution < -0.4 is 14.8 Å². The molecule has 0 aliphatic carbocycles. The van der Waals surface area contributed by atoms with Gasteiger partial charge in [0.2, 0.25) is 0 Å². The Morgan fingerprint density at radius 2 is 1.76 bits per heavy atom. The van der Waals surface area contributed by atoms with Gasteiger partial charge >= 0.3 is 0 Å².